The summed E-state index contributed by atoms with van der Waals surface area (Å²) in [6.07, 6.45) is 3.73. The first-order valence-corrected chi connectivity index (χ1v) is 8.73. The Morgan fingerprint density at radius 1 is 1.19 bits per heavy atom. The summed E-state index contributed by atoms with van der Waals surface area (Å²) in [6, 6.07) is 12.8. The van der Waals surface area contributed by atoms with E-state index in [2.05, 4.69) is 31.0 Å². The first kappa shape index (κ1) is 16.6. The summed E-state index contributed by atoms with van der Waals surface area (Å²) in [7, 11) is 0. The number of aromatic amines is 1. The summed E-state index contributed by atoms with van der Waals surface area (Å²) in [5.74, 6) is -0.548. The van der Waals surface area contributed by atoms with Crippen LogP contribution in [-0.4, -0.2) is 22.3 Å². The quantitative estimate of drug-likeness (QED) is 0.658. The highest BCUT2D eigenvalue weighted by molar-refractivity contribution is 5.96. The molecule has 4 rings (SSSR count). The third-order valence-corrected chi connectivity index (χ3v) is 5.08. The van der Waals surface area contributed by atoms with E-state index in [9.17, 15) is 9.18 Å². The molecular formula is C22H21FN2O. The maximum Gasteiger partial charge on any atom is 0.257 e. The maximum atomic E-state index is 13.9. The molecule has 2 aromatic carbocycles. The van der Waals surface area contributed by atoms with Gasteiger partial charge in [-0.2, -0.15) is 0 Å². The number of hydrogen-bond acceptors (Lipinski definition) is 1. The number of nitrogens with zero attached hydrogens (tertiary/aromatic N) is 1. The topological polar surface area (TPSA) is 36.1 Å². The van der Waals surface area contributed by atoms with Gasteiger partial charge in [-0.3, -0.25) is 4.79 Å². The fourth-order valence-electron chi connectivity index (χ4n) is 3.77. The van der Waals surface area contributed by atoms with Crippen molar-refractivity contribution in [3.8, 4) is 0 Å². The van der Waals surface area contributed by atoms with Gasteiger partial charge in [0.25, 0.3) is 5.91 Å². The molecule has 1 aliphatic heterocycles. The molecule has 0 aliphatic carbocycles. The fraction of sp³-hybridized carbons (Fsp3) is 0.227. The lowest BCUT2D eigenvalue weighted by Gasteiger charge is -2.29. The van der Waals surface area contributed by atoms with Crippen molar-refractivity contribution in [3.05, 3.63) is 76.9 Å². The zero-order valence-corrected chi connectivity index (χ0v) is 15.1. The highest BCUT2D eigenvalue weighted by Crippen LogP contribution is 2.37. The molecule has 3 nitrogen and oxygen atoms in total. The fourth-order valence-corrected chi connectivity index (χ4v) is 3.77. The van der Waals surface area contributed by atoms with E-state index >= 15 is 0 Å². The van der Waals surface area contributed by atoms with Crippen LogP contribution in [0.4, 0.5) is 4.39 Å². The van der Waals surface area contributed by atoms with Crippen molar-refractivity contribution >= 4 is 22.9 Å². The van der Waals surface area contributed by atoms with Crippen molar-refractivity contribution in [3.63, 3.8) is 0 Å². The number of fused-ring (bicyclic) bond motifs is 3. The molecule has 1 amide bonds. The van der Waals surface area contributed by atoms with Crippen molar-refractivity contribution in [1.29, 1.82) is 0 Å². The minimum atomic E-state index is -0.356. The molecule has 1 aromatic heterocycles. The van der Waals surface area contributed by atoms with E-state index < -0.39 is 0 Å². The molecule has 0 saturated carbocycles. The van der Waals surface area contributed by atoms with Crippen molar-refractivity contribution in [1.82, 2.24) is 9.88 Å². The second kappa shape index (κ2) is 5.84. The van der Waals surface area contributed by atoms with Gasteiger partial charge in [-0.1, -0.05) is 38.1 Å². The number of aromatic nitrogens is 1. The monoisotopic (exact) mass is 348 g/mol. The zero-order valence-electron chi connectivity index (χ0n) is 15.1. The van der Waals surface area contributed by atoms with E-state index in [1.54, 1.807) is 30.2 Å². The Morgan fingerprint density at radius 2 is 1.96 bits per heavy atom. The molecule has 0 spiro atoms. The SMILES string of the molecule is Cc1ccc(C(=O)N2C=Cc3[nH]c4ccccc4c3C(C)(C)C2)cc1F. The van der Waals surface area contributed by atoms with Crippen LogP contribution < -0.4 is 0 Å². The number of halogens is 1. The molecule has 0 radical (unpaired) electrons. The minimum absolute atomic E-state index is 0.192. The summed E-state index contributed by atoms with van der Waals surface area (Å²) in [6.45, 7) is 6.48. The number of hydrogen-bond donors (Lipinski definition) is 1. The summed E-state index contributed by atoms with van der Waals surface area (Å²) >= 11 is 0. The molecule has 0 fully saturated rings. The van der Waals surface area contributed by atoms with Gasteiger partial charge in [0, 0.05) is 40.3 Å². The smallest absolute Gasteiger partial charge is 0.257 e. The molecule has 132 valence electrons. The maximum absolute atomic E-state index is 13.9. The van der Waals surface area contributed by atoms with Crippen LogP contribution in [0.15, 0.2) is 48.7 Å². The summed E-state index contributed by atoms with van der Waals surface area (Å²) < 4.78 is 13.9. The predicted octanol–water partition coefficient (Wildman–Crippen LogP) is 5.02. The van der Waals surface area contributed by atoms with Crippen molar-refractivity contribution in [2.75, 3.05) is 6.54 Å². The van der Waals surface area contributed by atoms with E-state index in [0.29, 0.717) is 17.7 Å². The van der Waals surface area contributed by atoms with Gasteiger partial charge in [0.2, 0.25) is 0 Å². The van der Waals surface area contributed by atoms with Gasteiger partial charge < -0.3 is 9.88 Å². The number of nitrogens with one attached hydrogen (secondary N) is 1. The molecule has 0 bridgehead atoms. The number of carbonyl (C=O) groups is 1. The second-order valence-electron chi connectivity index (χ2n) is 7.56. The van der Waals surface area contributed by atoms with E-state index in [0.717, 1.165) is 11.2 Å². The Balaban J connectivity index is 1.75. The van der Waals surface area contributed by atoms with Crippen LogP contribution in [0.5, 0.6) is 0 Å². The zero-order chi connectivity index (χ0) is 18.5. The lowest BCUT2D eigenvalue weighted by atomic mass is 9.82. The number of H-pyrrole nitrogens is 1. The van der Waals surface area contributed by atoms with Gasteiger partial charge in [0.15, 0.2) is 0 Å². The Morgan fingerprint density at radius 3 is 2.73 bits per heavy atom. The first-order chi connectivity index (χ1) is 12.4. The molecule has 0 saturated heterocycles. The summed E-state index contributed by atoms with van der Waals surface area (Å²) in [5, 5.41) is 1.17. The molecule has 4 heteroatoms. The van der Waals surface area contributed by atoms with Gasteiger partial charge in [0.1, 0.15) is 5.82 Å². The molecule has 1 N–H and O–H groups in total. The number of amides is 1. The third-order valence-electron chi connectivity index (χ3n) is 5.08. The predicted molar refractivity (Wildman–Crippen MR) is 103 cm³/mol. The van der Waals surface area contributed by atoms with Crippen molar-refractivity contribution in [2.24, 2.45) is 0 Å². The lowest BCUT2D eigenvalue weighted by Crippen LogP contribution is -2.36. The average Bonchev–Trinajstić information content (AvgIpc) is 2.93. The molecule has 1 aliphatic rings. The van der Waals surface area contributed by atoms with Gasteiger partial charge >= 0.3 is 0 Å². The molecular weight excluding hydrogens is 327 g/mol. The number of benzene rings is 2. The van der Waals surface area contributed by atoms with Gasteiger partial charge in [-0.15, -0.1) is 0 Å². The van der Waals surface area contributed by atoms with Crippen LogP contribution in [0.3, 0.4) is 0 Å². The molecule has 2 heterocycles. The Hall–Kier alpha value is -2.88. The molecule has 0 atom stereocenters. The molecule has 26 heavy (non-hydrogen) atoms. The van der Waals surface area contributed by atoms with E-state index in [1.165, 1.54) is 17.0 Å². The molecule has 0 unspecified atom stereocenters. The number of carbonyl (C=O) groups excluding carboxylic acids is 1. The number of para-hydroxylation sites is 1. The normalized spacial score (nSPS) is 15.8. The number of rotatable bonds is 1. The van der Waals surface area contributed by atoms with Crippen molar-refractivity contribution < 1.29 is 9.18 Å². The second-order valence-corrected chi connectivity index (χ2v) is 7.56. The highest BCUT2D eigenvalue weighted by Gasteiger charge is 2.32. The Labute approximate surface area is 152 Å². The largest absolute Gasteiger partial charge is 0.355 e. The van der Waals surface area contributed by atoms with Gasteiger partial charge in [-0.05, 0) is 42.3 Å². The highest BCUT2D eigenvalue weighted by atomic mass is 19.1. The van der Waals surface area contributed by atoms with Gasteiger partial charge in [-0.25, -0.2) is 4.39 Å². The van der Waals surface area contributed by atoms with Crippen molar-refractivity contribution in [2.45, 2.75) is 26.2 Å². The summed E-state index contributed by atoms with van der Waals surface area (Å²) in [5.41, 5.74) is 3.96. The standard InChI is InChI=1S/C22H21FN2O/c1-14-8-9-15(12-17(14)23)21(26)25-11-10-19-20(22(2,3)13-25)16-6-4-5-7-18(16)24-19/h4-12,24H,13H2,1-3H3. The van der Waals surface area contributed by atoms with Crippen LogP contribution in [0.1, 0.15) is 41.0 Å². The summed E-state index contributed by atoms with van der Waals surface area (Å²) in [4.78, 5) is 18.1. The third kappa shape index (κ3) is 2.62. The minimum Gasteiger partial charge on any atom is -0.355 e. The Kier molecular flexibility index (Phi) is 3.72. The van der Waals surface area contributed by atoms with E-state index in [1.807, 2.05) is 18.2 Å². The lowest BCUT2D eigenvalue weighted by molar-refractivity contribution is 0.0801. The van der Waals surface area contributed by atoms with Crippen LogP contribution >= 0.6 is 0 Å². The number of aryl methyl sites for hydroxylation is 1. The van der Waals surface area contributed by atoms with Crippen LogP contribution in [0.25, 0.3) is 17.0 Å². The van der Waals surface area contributed by atoms with Crippen LogP contribution in [-0.2, 0) is 5.41 Å². The first-order valence-electron chi connectivity index (χ1n) is 8.73. The van der Waals surface area contributed by atoms with Crippen LogP contribution in [0, 0.1) is 12.7 Å². The average molecular weight is 348 g/mol. The van der Waals surface area contributed by atoms with Crippen LogP contribution in [0.2, 0.25) is 0 Å². The Bertz CT molecular complexity index is 1050. The van der Waals surface area contributed by atoms with E-state index in [-0.39, 0.29) is 17.1 Å². The van der Waals surface area contributed by atoms with Gasteiger partial charge in [0.05, 0.1) is 0 Å². The molecule has 3 aromatic rings. The van der Waals surface area contributed by atoms with E-state index in [4.69, 9.17) is 0 Å².